The topological polar surface area (TPSA) is 12.0 Å². The largest absolute Gasteiger partial charge is 0.316 e. The highest BCUT2D eigenvalue weighted by Gasteiger charge is 2.16. The molecule has 66 valence electrons. The van der Waals surface area contributed by atoms with Gasteiger partial charge in [-0.2, -0.15) is 0 Å². The van der Waals surface area contributed by atoms with E-state index in [1.165, 1.54) is 5.56 Å². The van der Waals surface area contributed by atoms with Crippen molar-refractivity contribution < 1.29 is 0 Å². The fraction of sp³-hybridized carbons (Fsp3) is 0.333. The molecule has 0 atom stereocenters. The second kappa shape index (κ2) is 3.64. The summed E-state index contributed by atoms with van der Waals surface area (Å²) in [6.07, 6.45) is 6.49. The number of hydrogen-bond donors (Lipinski definition) is 1. The predicted molar refractivity (Wildman–Crippen MR) is 54.4 cm³/mol. The Labute approximate surface area is 79.2 Å². The fourth-order valence-corrected chi connectivity index (χ4v) is 1.61. The highest BCUT2D eigenvalue weighted by Crippen LogP contribution is 2.13. The third-order valence-electron chi connectivity index (χ3n) is 2.48. The molecule has 1 aliphatic rings. The molecular weight excluding hydrogens is 158 g/mol. The van der Waals surface area contributed by atoms with Crippen LogP contribution in [-0.2, 0) is 6.42 Å². The summed E-state index contributed by atoms with van der Waals surface area (Å²) in [7, 11) is 0. The zero-order valence-electron chi connectivity index (χ0n) is 7.59. The normalized spacial score (nSPS) is 16.2. The monoisotopic (exact) mass is 171 g/mol. The quantitative estimate of drug-likeness (QED) is 0.664. The molecule has 13 heavy (non-hydrogen) atoms. The van der Waals surface area contributed by atoms with Gasteiger partial charge >= 0.3 is 0 Å². The molecule has 1 aromatic carbocycles. The van der Waals surface area contributed by atoms with Gasteiger partial charge in [0.05, 0.1) is 0 Å². The Bertz CT molecular complexity index is 331. The van der Waals surface area contributed by atoms with Gasteiger partial charge in [-0.1, -0.05) is 18.1 Å². The molecule has 0 amide bonds. The van der Waals surface area contributed by atoms with E-state index in [-0.39, 0.29) is 0 Å². The van der Waals surface area contributed by atoms with E-state index in [1.807, 2.05) is 12.1 Å². The molecule has 2 rings (SSSR count). The third kappa shape index (κ3) is 1.91. The Morgan fingerprint density at radius 3 is 2.92 bits per heavy atom. The van der Waals surface area contributed by atoms with Gasteiger partial charge in [-0.25, -0.2) is 0 Å². The molecule has 0 aromatic heterocycles. The van der Waals surface area contributed by atoms with Crippen molar-refractivity contribution >= 4 is 0 Å². The summed E-state index contributed by atoms with van der Waals surface area (Å²) in [6, 6.07) is 8.27. The molecule has 0 aliphatic carbocycles. The minimum Gasteiger partial charge on any atom is -0.316 e. The Morgan fingerprint density at radius 1 is 1.46 bits per heavy atom. The van der Waals surface area contributed by atoms with Crippen molar-refractivity contribution in [3.8, 4) is 12.3 Å². The smallest absolute Gasteiger partial charge is 0.0245 e. The Hall–Kier alpha value is -1.26. The van der Waals surface area contributed by atoms with Gasteiger partial charge in [0, 0.05) is 5.56 Å². The van der Waals surface area contributed by atoms with E-state index in [0.717, 1.165) is 31.0 Å². The fourth-order valence-electron chi connectivity index (χ4n) is 1.61. The van der Waals surface area contributed by atoms with Crippen LogP contribution >= 0.6 is 0 Å². The Balaban J connectivity index is 2.07. The zero-order valence-corrected chi connectivity index (χ0v) is 7.59. The maximum absolute atomic E-state index is 5.33. The van der Waals surface area contributed by atoms with Crippen molar-refractivity contribution in [3.05, 3.63) is 35.4 Å². The summed E-state index contributed by atoms with van der Waals surface area (Å²) in [4.78, 5) is 0. The summed E-state index contributed by atoms with van der Waals surface area (Å²) in [5, 5.41) is 3.27. The number of benzene rings is 1. The van der Waals surface area contributed by atoms with Gasteiger partial charge in [-0.3, -0.25) is 0 Å². The lowest BCUT2D eigenvalue weighted by atomic mass is 9.94. The molecule has 0 spiro atoms. The maximum Gasteiger partial charge on any atom is 0.0245 e. The predicted octanol–water partition coefficient (Wildman–Crippen LogP) is 1.43. The summed E-state index contributed by atoms with van der Waals surface area (Å²) >= 11 is 0. The van der Waals surface area contributed by atoms with E-state index in [4.69, 9.17) is 6.42 Å². The van der Waals surface area contributed by atoms with Crippen LogP contribution in [0.3, 0.4) is 0 Å². The molecule has 1 saturated heterocycles. The lowest BCUT2D eigenvalue weighted by molar-refractivity contribution is 0.346. The number of rotatable bonds is 2. The van der Waals surface area contributed by atoms with E-state index < -0.39 is 0 Å². The van der Waals surface area contributed by atoms with Crippen LogP contribution in [0, 0.1) is 18.3 Å². The molecule has 1 heteroatoms. The van der Waals surface area contributed by atoms with E-state index >= 15 is 0 Å². The van der Waals surface area contributed by atoms with Crippen LogP contribution in [0.4, 0.5) is 0 Å². The first-order chi connectivity index (χ1) is 6.38. The highest BCUT2D eigenvalue weighted by atomic mass is 14.9. The molecule has 1 aliphatic heterocycles. The molecule has 0 saturated carbocycles. The average Bonchev–Trinajstić information content (AvgIpc) is 2.12. The van der Waals surface area contributed by atoms with Gasteiger partial charge in [0.2, 0.25) is 0 Å². The first-order valence-electron chi connectivity index (χ1n) is 4.65. The number of hydrogen-bond acceptors (Lipinski definition) is 1. The Morgan fingerprint density at radius 2 is 2.31 bits per heavy atom. The standard InChI is InChI=1S/C12H13N/c1-2-10-4-3-5-11(6-10)7-12-8-13-9-12/h1,3-6,12-13H,7-9H2. The minimum absolute atomic E-state index is 0.813. The van der Waals surface area contributed by atoms with E-state index in [2.05, 4.69) is 23.4 Å². The van der Waals surface area contributed by atoms with Crippen LogP contribution in [0.2, 0.25) is 0 Å². The van der Waals surface area contributed by atoms with E-state index in [0.29, 0.717) is 0 Å². The number of nitrogens with one attached hydrogen (secondary N) is 1. The Kier molecular flexibility index (Phi) is 2.33. The molecular formula is C12H13N. The van der Waals surface area contributed by atoms with Crippen LogP contribution in [0.1, 0.15) is 11.1 Å². The average molecular weight is 171 g/mol. The maximum atomic E-state index is 5.33. The third-order valence-corrected chi connectivity index (χ3v) is 2.48. The van der Waals surface area contributed by atoms with E-state index in [9.17, 15) is 0 Å². The molecule has 0 bridgehead atoms. The van der Waals surface area contributed by atoms with Crippen molar-refractivity contribution in [1.29, 1.82) is 0 Å². The summed E-state index contributed by atoms with van der Waals surface area (Å²) in [5.41, 5.74) is 2.35. The lowest BCUT2D eigenvalue weighted by Gasteiger charge is -2.27. The summed E-state index contributed by atoms with van der Waals surface area (Å²) < 4.78 is 0. The van der Waals surface area contributed by atoms with Crippen molar-refractivity contribution in [2.24, 2.45) is 5.92 Å². The van der Waals surface area contributed by atoms with Crippen LogP contribution in [0.25, 0.3) is 0 Å². The second-order valence-electron chi connectivity index (χ2n) is 3.57. The molecule has 1 aromatic rings. The van der Waals surface area contributed by atoms with E-state index in [1.54, 1.807) is 0 Å². The SMILES string of the molecule is C#Cc1cccc(CC2CNC2)c1. The first kappa shape index (κ1) is 8.34. The molecule has 0 radical (unpaired) electrons. The van der Waals surface area contributed by atoms with Crippen molar-refractivity contribution in [2.75, 3.05) is 13.1 Å². The van der Waals surface area contributed by atoms with Gasteiger partial charge in [0.25, 0.3) is 0 Å². The van der Waals surface area contributed by atoms with Crippen molar-refractivity contribution in [2.45, 2.75) is 6.42 Å². The van der Waals surface area contributed by atoms with Crippen LogP contribution in [0.15, 0.2) is 24.3 Å². The van der Waals surface area contributed by atoms with Gasteiger partial charge in [0.15, 0.2) is 0 Å². The molecule has 1 nitrogen and oxygen atoms in total. The van der Waals surface area contributed by atoms with Gasteiger partial charge in [0.1, 0.15) is 0 Å². The van der Waals surface area contributed by atoms with Gasteiger partial charge in [-0.15, -0.1) is 6.42 Å². The zero-order chi connectivity index (χ0) is 9.10. The molecule has 1 N–H and O–H groups in total. The van der Waals surface area contributed by atoms with Crippen LogP contribution < -0.4 is 5.32 Å². The summed E-state index contributed by atoms with van der Waals surface area (Å²) in [6.45, 7) is 2.31. The van der Waals surface area contributed by atoms with Gasteiger partial charge < -0.3 is 5.32 Å². The van der Waals surface area contributed by atoms with Crippen molar-refractivity contribution in [1.82, 2.24) is 5.32 Å². The number of terminal acetylenes is 1. The summed E-state index contributed by atoms with van der Waals surface area (Å²) in [5.74, 6) is 3.47. The second-order valence-corrected chi connectivity index (χ2v) is 3.57. The lowest BCUT2D eigenvalue weighted by Crippen LogP contribution is -2.43. The molecule has 1 fully saturated rings. The van der Waals surface area contributed by atoms with Crippen molar-refractivity contribution in [3.63, 3.8) is 0 Å². The first-order valence-corrected chi connectivity index (χ1v) is 4.65. The van der Waals surface area contributed by atoms with Crippen LogP contribution in [0.5, 0.6) is 0 Å². The highest BCUT2D eigenvalue weighted by molar-refractivity contribution is 5.35. The van der Waals surface area contributed by atoms with Crippen LogP contribution in [-0.4, -0.2) is 13.1 Å². The molecule has 1 heterocycles. The molecule has 0 unspecified atom stereocenters. The minimum atomic E-state index is 0.813. The van der Waals surface area contributed by atoms with Gasteiger partial charge in [-0.05, 0) is 43.1 Å².